The van der Waals surface area contributed by atoms with E-state index in [2.05, 4.69) is 28.1 Å². The number of nitrogens with zero attached hydrogens (tertiary/aromatic N) is 1. The molecule has 19 heavy (non-hydrogen) atoms. The lowest BCUT2D eigenvalue weighted by atomic mass is 10.1. The Kier molecular flexibility index (Phi) is 3.41. The summed E-state index contributed by atoms with van der Waals surface area (Å²) in [7, 11) is 1.82. The van der Waals surface area contributed by atoms with E-state index in [0.29, 0.717) is 6.42 Å². The molecular formula is C14H11BrClNOS. The van der Waals surface area contributed by atoms with Crippen molar-refractivity contribution >= 4 is 50.5 Å². The highest BCUT2D eigenvalue weighted by Gasteiger charge is 2.25. The number of hydrogen-bond donors (Lipinski definition) is 0. The van der Waals surface area contributed by atoms with E-state index in [-0.39, 0.29) is 10.7 Å². The number of carbonyl (C=O) groups is 1. The van der Waals surface area contributed by atoms with Crippen LogP contribution < -0.4 is 4.90 Å². The molecule has 2 aromatic rings. The van der Waals surface area contributed by atoms with Gasteiger partial charge in [0.05, 0.1) is 15.6 Å². The molecule has 2 nitrogen and oxygen atoms in total. The van der Waals surface area contributed by atoms with E-state index in [0.717, 1.165) is 21.2 Å². The molecule has 98 valence electrons. The fraction of sp³-hybridized carbons (Fsp3) is 0.214. The molecule has 0 aliphatic carbocycles. The lowest BCUT2D eigenvalue weighted by Crippen LogP contribution is -2.20. The predicted molar refractivity (Wildman–Crippen MR) is 83.7 cm³/mol. The Labute approximate surface area is 129 Å². The molecule has 0 saturated heterocycles. The van der Waals surface area contributed by atoms with Gasteiger partial charge in [0.15, 0.2) is 0 Å². The van der Waals surface area contributed by atoms with E-state index in [1.165, 1.54) is 4.88 Å². The summed E-state index contributed by atoms with van der Waals surface area (Å²) >= 11 is 11.2. The van der Waals surface area contributed by atoms with Crippen molar-refractivity contribution in [2.45, 2.75) is 11.2 Å². The van der Waals surface area contributed by atoms with E-state index >= 15 is 0 Å². The van der Waals surface area contributed by atoms with E-state index in [9.17, 15) is 4.79 Å². The first-order chi connectivity index (χ1) is 9.06. The van der Waals surface area contributed by atoms with E-state index in [1.807, 2.05) is 25.2 Å². The van der Waals surface area contributed by atoms with Crippen LogP contribution in [0.3, 0.4) is 0 Å². The first-order valence-electron chi connectivity index (χ1n) is 5.85. The van der Waals surface area contributed by atoms with Crippen molar-refractivity contribution in [1.82, 2.24) is 0 Å². The van der Waals surface area contributed by atoms with Crippen LogP contribution in [0.2, 0.25) is 4.34 Å². The van der Waals surface area contributed by atoms with Gasteiger partial charge in [-0.3, -0.25) is 4.79 Å². The van der Waals surface area contributed by atoms with Gasteiger partial charge in [0.1, 0.15) is 0 Å². The lowest BCUT2D eigenvalue weighted by molar-refractivity contribution is -0.117. The molecule has 0 spiro atoms. The van der Waals surface area contributed by atoms with Crippen molar-refractivity contribution in [3.63, 3.8) is 0 Å². The average Bonchev–Trinajstić information content (AvgIpc) is 2.94. The van der Waals surface area contributed by atoms with Crippen LogP contribution >= 0.6 is 38.9 Å². The number of amides is 1. The Morgan fingerprint density at radius 2 is 2.16 bits per heavy atom. The van der Waals surface area contributed by atoms with Crippen LogP contribution in [0.15, 0.2) is 30.3 Å². The van der Waals surface area contributed by atoms with Crippen LogP contribution in [-0.2, 0) is 11.2 Å². The number of rotatable bonds is 2. The van der Waals surface area contributed by atoms with Crippen LogP contribution in [0.5, 0.6) is 0 Å². The van der Waals surface area contributed by atoms with Crippen LogP contribution in [-0.4, -0.2) is 13.0 Å². The molecule has 0 fully saturated rings. The van der Waals surface area contributed by atoms with E-state index < -0.39 is 0 Å². The van der Waals surface area contributed by atoms with Crippen LogP contribution in [0, 0.1) is 0 Å². The summed E-state index contributed by atoms with van der Waals surface area (Å²) in [5.41, 5.74) is 3.26. The maximum absolute atomic E-state index is 11.7. The van der Waals surface area contributed by atoms with Crippen molar-refractivity contribution in [1.29, 1.82) is 0 Å². The molecule has 5 heteroatoms. The third-order valence-electron chi connectivity index (χ3n) is 3.32. The van der Waals surface area contributed by atoms with Gasteiger partial charge in [-0.15, -0.1) is 11.3 Å². The first kappa shape index (κ1) is 13.2. The molecule has 1 unspecified atom stereocenters. The summed E-state index contributed by atoms with van der Waals surface area (Å²) in [6.45, 7) is 0. The predicted octanol–water partition coefficient (Wildman–Crippen LogP) is 4.40. The summed E-state index contributed by atoms with van der Waals surface area (Å²) < 4.78 is 0.788. The van der Waals surface area contributed by atoms with Crippen LogP contribution in [0.4, 0.5) is 5.69 Å². The minimum atomic E-state index is 0.122. The van der Waals surface area contributed by atoms with Gasteiger partial charge >= 0.3 is 0 Å². The molecule has 1 aromatic heterocycles. The number of anilines is 1. The zero-order valence-electron chi connectivity index (χ0n) is 10.2. The summed E-state index contributed by atoms with van der Waals surface area (Å²) in [6, 6.07) is 10.1. The molecule has 1 atom stereocenters. The van der Waals surface area contributed by atoms with Gasteiger partial charge in [-0.2, -0.15) is 0 Å². The highest BCUT2D eigenvalue weighted by Crippen LogP contribution is 2.39. The zero-order valence-corrected chi connectivity index (χ0v) is 13.3. The van der Waals surface area contributed by atoms with Crippen molar-refractivity contribution in [2.75, 3.05) is 11.9 Å². The number of thiophene rings is 1. The smallest absolute Gasteiger partial charge is 0.231 e. The van der Waals surface area contributed by atoms with Gasteiger partial charge < -0.3 is 4.90 Å². The van der Waals surface area contributed by atoms with Gasteiger partial charge in [0.2, 0.25) is 5.91 Å². The maximum Gasteiger partial charge on any atom is 0.231 e. The van der Waals surface area contributed by atoms with Gasteiger partial charge in [0.25, 0.3) is 0 Å². The molecule has 0 radical (unpaired) electrons. The number of halogens is 2. The summed E-state index contributed by atoms with van der Waals surface area (Å²) in [6.07, 6.45) is 0.491. The molecule has 1 aromatic carbocycles. The molecule has 1 aliphatic rings. The highest BCUT2D eigenvalue weighted by molar-refractivity contribution is 9.09. The summed E-state index contributed by atoms with van der Waals surface area (Å²) in [4.78, 5) is 14.7. The average molecular weight is 357 g/mol. The third-order valence-corrected chi connectivity index (χ3v) is 5.94. The molecule has 0 bridgehead atoms. The normalized spacial score (nSPS) is 15.7. The molecule has 0 saturated carbocycles. The Hall–Kier alpha value is -0.840. The van der Waals surface area contributed by atoms with Crippen molar-refractivity contribution in [3.8, 4) is 0 Å². The fourth-order valence-electron chi connectivity index (χ4n) is 2.28. The van der Waals surface area contributed by atoms with Gasteiger partial charge in [-0.05, 0) is 29.3 Å². The largest absolute Gasteiger partial charge is 0.315 e. The highest BCUT2D eigenvalue weighted by atomic mass is 79.9. The van der Waals surface area contributed by atoms with Gasteiger partial charge in [-0.1, -0.05) is 39.7 Å². The maximum atomic E-state index is 11.7. The molecule has 0 N–H and O–H groups in total. The standard InChI is InChI=1S/C14H11BrClNOS/c1-17-10-3-2-8(6-9(10)7-13(17)18)14(15)11-4-5-12(16)19-11/h2-6,14H,7H2,1H3. The number of alkyl halides is 1. The van der Waals surface area contributed by atoms with Gasteiger partial charge in [-0.25, -0.2) is 0 Å². The minimum absolute atomic E-state index is 0.122. The first-order valence-corrected chi connectivity index (χ1v) is 7.96. The molecule has 1 amide bonds. The minimum Gasteiger partial charge on any atom is -0.315 e. The monoisotopic (exact) mass is 355 g/mol. The number of likely N-dealkylation sites (N-methyl/N-ethyl adjacent to an activating group) is 1. The number of hydrogen-bond acceptors (Lipinski definition) is 2. The number of fused-ring (bicyclic) bond motifs is 1. The quantitative estimate of drug-likeness (QED) is 0.730. The fourth-order valence-corrected chi connectivity index (χ4v) is 4.06. The third kappa shape index (κ3) is 2.33. The molecule has 2 heterocycles. The molecular weight excluding hydrogens is 346 g/mol. The van der Waals surface area contributed by atoms with Gasteiger partial charge in [0, 0.05) is 17.6 Å². The van der Waals surface area contributed by atoms with Crippen LogP contribution in [0.25, 0.3) is 0 Å². The Bertz CT molecular complexity index is 655. The Morgan fingerprint density at radius 1 is 1.37 bits per heavy atom. The Balaban J connectivity index is 1.95. The van der Waals surface area contributed by atoms with Crippen molar-refractivity contribution < 1.29 is 4.79 Å². The van der Waals surface area contributed by atoms with Crippen molar-refractivity contribution in [2.24, 2.45) is 0 Å². The molecule has 3 rings (SSSR count). The number of benzene rings is 1. The second-order valence-electron chi connectivity index (χ2n) is 4.52. The topological polar surface area (TPSA) is 20.3 Å². The Morgan fingerprint density at radius 3 is 2.84 bits per heavy atom. The second kappa shape index (κ2) is 4.93. The number of carbonyl (C=O) groups excluding carboxylic acids is 1. The lowest BCUT2D eigenvalue weighted by Gasteiger charge is -2.12. The van der Waals surface area contributed by atoms with Crippen molar-refractivity contribution in [3.05, 3.63) is 50.7 Å². The van der Waals surface area contributed by atoms with Crippen LogP contribution in [0.1, 0.15) is 20.8 Å². The second-order valence-corrected chi connectivity index (χ2v) is 7.18. The van der Waals surface area contributed by atoms with E-state index in [4.69, 9.17) is 11.6 Å². The SMILES string of the molecule is CN1C(=O)Cc2cc(C(Br)c3ccc(Cl)s3)ccc21. The zero-order chi connectivity index (χ0) is 13.6. The van der Waals surface area contributed by atoms with E-state index in [1.54, 1.807) is 16.2 Å². The molecule has 1 aliphatic heterocycles. The summed E-state index contributed by atoms with van der Waals surface area (Å²) in [5, 5.41) is 0. The summed E-state index contributed by atoms with van der Waals surface area (Å²) in [5.74, 6) is 0.150.